The molecule has 14 aromatic rings. The van der Waals surface area contributed by atoms with Crippen molar-refractivity contribution in [3.05, 3.63) is 273 Å². The van der Waals surface area contributed by atoms with Crippen LogP contribution in [0.5, 0.6) is 0 Å². The maximum Gasteiger partial charge on any atom is 0.181 e. The fourth-order valence-electron chi connectivity index (χ4n) is 11.9. The van der Waals surface area contributed by atoms with Crippen LogP contribution in [0.1, 0.15) is 0 Å². The van der Waals surface area contributed by atoms with Crippen LogP contribution in [0.25, 0.3) is 93.6 Å². The lowest BCUT2D eigenvalue weighted by molar-refractivity contribution is 1.15. The van der Waals surface area contributed by atoms with Gasteiger partial charge in [0.2, 0.25) is 0 Å². The van der Waals surface area contributed by atoms with Crippen molar-refractivity contribution in [3.8, 4) is 28.2 Å². The lowest BCUT2D eigenvalue weighted by atomic mass is 10.1. The number of para-hydroxylation sites is 4. The molecule has 3 aromatic heterocycles. The molecule has 0 aliphatic heterocycles. The van der Waals surface area contributed by atoms with Gasteiger partial charge in [-0.25, -0.2) is 0 Å². The van der Waals surface area contributed by atoms with E-state index in [0.29, 0.717) is 0 Å². The average molecular weight is 908 g/mol. The molecule has 4 heteroatoms. The van der Waals surface area contributed by atoms with Crippen molar-refractivity contribution in [3.63, 3.8) is 0 Å². The monoisotopic (exact) mass is 907 g/mol. The van der Waals surface area contributed by atoms with E-state index in [9.17, 15) is 0 Å². The molecular formula is C66H45N3Si. The zero-order valence-corrected chi connectivity index (χ0v) is 39.3. The van der Waals surface area contributed by atoms with Crippen molar-refractivity contribution in [2.45, 2.75) is 0 Å². The molecule has 3 nitrogen and oxygen atoms in total. The van der Waals surface area contributed by atoms with Crippen molar-refractivity contribution >= 4 is 94.2 Å². The molecule has 0 atom stereocenters. The van der Waals surface area contributed by atoms with Gasteiger partial charge in [0, 0.05) is 43.7 Å². The summed E-state index contributed by atoms with van der Waals surface area (Å²) in [7, 11) is -2.98. The highest BCUT2D eigenvalue weighted by molar-refractivity contribution is 7.20. The van der Waals surface area contributed by atoms with Crippen LogP contribution in [-0.4, -0.2) is 21.8 Å². The van der Waals surface area contributed by atoms with E-state index in [4.69, 9.17) is 0 Å². The first-order valence-corrected chi connectivity index (χ1v) is 26.2. The number of hydrogen-bond donors (Lipinski definition) is 0. The number of fused-ring (bicyclic) bond motifs is 9. The van der Waals surface area contributed by atoms with Crippen LogP contribution in [0.15, 0.2) is 273 Å². The Balaban J connectivity index is 1.10. The smallest absolute Gasteiger partial charge is 0.181 e. The minimum Gasteiger partial charge on any atom is -0.309 e. The van der Waals surface area contributed by atoms with Crippen LogP contribution in [0.3, 0.4) is 0 Å². The fourth-order valence-corrected chi connectivity index (χ4v) is 16.8. The zero-order valence-electron chi connectivity index (χ0n) is 38.3. The molecule has 0 bridgehead atoms. The van der Waals surface area contributed by atoms with E-state index in [2.05, 4.69) is 287 Å². The molecule has 14 rings (SSSR count). The molecule has 0 aliphatic carbocycles. The third-order valence-corrected chi connectivity index (χ3v) is 19.6. The van der Waals surface area contributed by atoms with E-state index < -0.39 is 8.07 Å². The molecule has 0 spiro atoms. The Kier molecular flexibility index (Phi) is 9.23. The third-order valence-electron chi connectivity index (χ3n) is 14.8. The lowest BCUT2D eigenvalue weighted by Gasteiger charge is -2.35. The summed E-state index contributed by atoms with van der Waals surface area (Å²) in [6.45, 7) is 0. The number of rotatable bonds is 8. The predicted molar refractivity (Wildman–Crippen MR) is 299 cm³/mol. The van der Waals surface area contributed by atoms with Crippen LogP contribution in [0, 0.1) is 0 Å². The second-order valence-corrected chi connectivity index (χ2v) is 22.2. The standard InChI is InChI=1S/C66H45N3Si/c1-5-21-46(22-6-1)47-39-41-48(42-40-47)67-61-36-20-37-62(69-59-34-17-13-29-53(59)54-30-14-18-35-60(54)69)65(61)57-44-43-49(45-63(57)67)68-58-33-16-15-31-55(58)56-32-19-38-64(66(56)68)70(50-23-7-2-8-24-50,51-25-9-3-10-26-51)52-27-11-4-12-28-52/h1-45H. The molecular weight excluding hydrogens is 863 g/mol. The summed E-state index contributed by atoms with van der Waals surface area (Å²) in [5.74, 6) is 0. The molecule has 0 saturated heterocycles. The molecule has 3 heterocycles. The molecule has 11 aromatic carbocycles. The van der Waals surface area contributed by atoms with E-state index in [1.165, 1.54) is 86.3 Å². The van der Waals surface area contributed by atoms with Gasteiger partial charge >= 0.3 is 0 Å². The topological polar surface area (TPSA) is 14.8 Å². The van der Waals surface area contributed by atoms with Gasteiger partial charge in [0.25, 0.3) is 0 Å². The Morgan fingerprint density at radius 2 is 0.700 bits per heavy atom. The van der Waals surface area contributed by atoms with Crippen LogP contribution >= 0.6 is 0 Å². The van der Waals surface area contributed by atoms with E-state index >= 15 is 0 Å². The summed E-state index contributed by atoms with van der Waals surface area (Å²) < 4.78 is 7.54. The molecule has 0 unspecified atom stereocenters. The van der Waals surface area contributed by atoms with Crippen molar-refractivity contribution in [1.82, 2.24) is 13.7 Å². The first-order chi connectivity index (χ1) is 34.8. The normalized spacial score (nSPS) is 12.0. The second kappa shape index (κ2) is 16.1. The second-order valence-electron chi connectivity index (χ2n) is 18.4. The molecule has 0 aliphatic rings. The van der Waals surface area contributed by atoms with Crippen molar-refractivity contribution in [2.75, 3.05) is 0 Å². The van der Waals surface area contributed by atoms with Gasteiger partial charge in [-0.3, -0.25) is 0 Å². The molecule has 0 fully saturated rings. The zero-order chi connectivity index (χ0) is 46.2. The Bertz CT molecular complexity index is 4110. The summed E-state index contributed by atoms with van der Waals surface area (Å²) in [5, 5.41) is 12.8. The molecule has 0 saturated carbocycles. The fraction of sp³-hybridized carbons (Fsp3) is 0. The van der Waals surface area contributed by atoms with Gasteiger partial charge in [-0.1, -0.05) is 218 Å². The van der Waals surface area contributed by atoms with Crippen LogP contribution in [-0.2, 0) is 0 Å². The van der Waals surface area contributed by atoms with Crippen LogP contribution < -0.4 is 20.7 Å². The summed E-state index contributed by atoms with van der Waals surface area (Å²) in [4.78, 5) is 0. The van der Waals surface area contributed by atoms with Crippen LogP contribution in [0.4, 0.5) is 0 Å². The molecule has 70 heavy (non-hydrogen) atoms. The van der Waals surface area contributed by atoms with E-state index in [0.717, 1.165) is 28.1 Å². The Hall–Kier alpha value is -8.96. The summed E-state index contributed by atoms with van der Waals surface area (Å²) in [5.41, 5.74) is 12.9. The van der Waals surface area contributed by atoms with E-state index in [1.807, 2.05) is 0 Å². The van der Waals surface area contributed by atoms with Gasteiger partial charge in [-0.15, -0.1) is 0 Å². The number of aromatic nitrogens is 3. The molecule has 0 radical (unpaired) electrons. The van der Waals surface area contributed by atoms with Gasteiger partial charge in [0.15, 0.2) is 8.07 Å². The molecule has 0 amide bonds. The third kappa shape index (κ3) is 5.94. The lowest BCUT2D eigenvalue weighted by Crippen LogP contribution is -2.75. The van der Waals surface area contributed by atoms with E-state index in [1.54, 1.807) is 0 Å². The van der Waals surface area contributed by atoms with Crippen molar-refractivity contribution in [2.24, 2.45) is 0 Å². The quantitative estimate of drug-likeness (QED) is 0.107. The minimum absolute atomic E-state index is 1.11. The van der Waals surface area contributed by atoms with Gasteiger partial charge in [0.05, 0.1) is 38.8 Å². The minimum atomic E-state index is -2.98. The number of benzene rings is 11. The SMILES string of the molecule is c1ccc(-c2ccc(-n3c4cc(-n5c6ccccc6c6cccc([Si](c7ccccc7)(c7ccccc7)c7ccccc7)c65)ccc4c4c(-n5c6ccccc6c6ccccc65)cccc43)cc2)cc1. The first kappa shape index (κ1) is 40.1. The van der Waals surface area contributed by atoms with Crippen molar-refractivity contribution < 1.29 is 0 Å². The molecule has 328 valence electrons. The maximum atomic E-state index is 2.57. The van der Waals surface area contributed by atoms with E-state index in [-0.39, 0.29) is 0 Å². The first-order valence-electron chi connectivity index (χ1n) is 24.2. The highest BCUT2D eigenvalue weighted by Crippen LogP contribution is 2.42. The van der Waals surface area contributed by atoms with Gasteiger partial charge in [-0.2, -0.15) is 0 Å². The van der Waals surface area contributed by atoms with Gasteiger partial charge in [-0.05, 0) is 86.5 Å². The highest BCUT2D eigenvalue weighted by Gasteiger charge is 2.43. The predicted octanol–water partition coefficient (Wildman–Crippen LogP) is 14.0. The largest absolute Gasteiger partial charge is 0.309 e. The summed E-state index contributed by atoms with van der Waals surface area (Å²) in [6.07, 6.45) is 0. The summed E-state index contributed by atoms with van der Waals surface area (Å²) in [6, 6.07) is 101. The Labute approximate surface area is 407 Å². The summed E-state index contributed by atoms with van der Waals surface area (Å²) >= 11 is 0. The average Bonchev–Trinajstić information content (AvgIpc) is 4.09. The Morgan fingerprint density at radius 3 is 1.29 bits per heavy atom. The maximum absolute atomic E-state index is 2.98. The number of nitrogens with zero attached hydrogens (tertiary/aromatic N) is 3. The van der Waals surface area contributed by atoms with Gasteiger partial charge in [0.1, 0.15) is 0 Å². The van der Waals surface area contributed by atoms with Gasteiger partial charge < -0.3 is 13.7 Å². The van der Waals surface area contributed by atoms with Crippen LogP contribution in [0.2, 0.25) is 0 Å². The molecule has 0 N–H and O–H groups in total. The van der Waals surface area contributed by atoms with Crippen molar-refractivity contribution in [1.29, 1.82) is 0 Å². The number of hydrogen-bond acceptors (Lipinski definition) is 0. The highest BCUT2D eigenvalue weighted by atomic mass is 28.3. The Morgan fingerprint density at radius 1 is 0.257 bits per heavy atom.